The summed E-state index contributed by atoms with van der Waals surface area (Å²) in [5, 5.41) is 3.57. The van der Waals surface area contributed by atoms with E-state index in [2.05, 4.69) is 26.1 Å². The van der Waals surface area contributed by atoms with E-state index in [0.29, 0.717) is 6.04 Å². The van der Waals surface area contributed by atoms with Gasteiger partial charge in [0.15, 0.2) is 0 Å². The highest BCUT2D eigenvalue weighted by atomic mass is 32.2. The third-order valence-electron chi connectivity index (χ3n) is 2.73. The highest BCUT2D eigenvalue weighted by molar-refractivity contribution is 7.99. The van der Waals surface area contributed by atoms with Crippen LogP contribution in [0.25, 0.3) is 0 Å². The largest absolute Gasteiger partial charge is 0.385 e. The maximum Gasteiger partial charge on any atom is 0.0470 e. The molecule has 0 aliphatic heterocycles. The van der Waals surface area contributed by atoms with E-state index in [0.717, 1.165) is 19.1 Å². The average Bonchev–Trinajstić information content (AvgIpc) is 2.26. The van der Waals surface area contributed by atoms with E-state index >= 15 is 0 Å². The van der Waals surface area contributed by atoms with Crippen LogP contribution in [0, 0.1) is 5.92 Å². The van der Waals surface area contributed by atoms with Crippen molar-refractivity contribution in [3.63, 3.8) is 0 Å². The van der Waals surface area contributed by atoms with Crippen molar-refractivity contribution in [3.8, 4) is 0 Å². The number of nitrogens with one attached hydrogen (secondary N) is 1. The van der Waals surface area contributed by atoms with E-state index in [4.69, 9.17) is 4.74 Å². The van der Waals surface area contributed by atoms with Crippen LogP contribution in [0.1, 0.15) is 33.6 Å². The van der Waals surface area contributed by atoms with E-state index in [1.54, 1.807) is 7.11 Å². The van der Waals surface area contributed by atoms with Crippen molar-refractivity contribution in [1.82, 2.24) is 5.32 Å². The van der Waals surface area contributed by atoms with E-state index in [9.17, 15) is 0 Å². The SMILES string of the molecule is CCNC(CSCCCOC)C(C)CC. The standard InChI is InChI=1S/C12H27NOS/c1-5-11(3)12(13-6-2)10-15-9-7-8-14-4/h11-13H,5-10H2,1-4H3. The zero-order valence-electron chi connectivity index (χ0n) is 10.7. The molecule has 1 N–H and O–H groups in total. The van der Waals surface area contributed by atoms with E-state index in [1.807, 2.05) is 11.8 Å². The Morgan fingerprint density at radius 1 is 1.33 bits per heavy atom. The van der Waals surface area contributed by atoms with Gasteiger partial charge >= 0.3 is 0 Å². The van der Waals surface area contributed by atoms with Gasteiger partial charge < -0.3 is 10.1 Å². The van der Waals surface area contributed by atoms with E-state index in [1.165, 1.54) is 24.3 Å². The molecule has 0 saturated heterocycles. The lowest BCUT2D eigenvalue weighted by Crippen LogP contribution is -2.36. The van der Waals surface area contributed by atoms with Crippen LogP contribution in [0.4, 0.5) is 0 Å². The topological polar surface area (TPSA) is 21.3 Å². The van der Waals surface area contributed by atoms with Crippen molar-refractivity contribution in [2.24, 2.45) is 5.92 Å². The zero-order valence-corrected chi connectivity index (χ0v) is 11.5. The van der Waals surface area contributed by atoms with Crippen molar-refractivity contribution < 1.29 is 4.74 Å². The number of methoxy groups -OCH3 is 1. The Morgan fingerprint density at radius 3 is 2.60 bits per heavy atom. The van der Waals surface area contributed by atoms with Gasteiger partial charge in [0.25, 0.3) is 0 Å². The molecular weight excluding hydrogens is 206 g/mol. The second kappa shape index (κ2) is 10.8. The molecule has 0 aromatic heterocycles. The lowest BCUT2D eigenvalue weighted by molar-refractivity contribution is 0.200. The summed E-state index contributed by atoms with van der Waals surface area (Å²) >= 11 is 2.04. The second-order valence-corrected chi connectivity index (χ2v) is 5.12. The molecule has 0 aromatic carbocycles. The van der Waals surface area contributed by atoms with Gasteiger partial charge in [0.05, 0.1) is 0 Å². The van der Waals surface area contributed by atoms with Crippen molar-refractivity contribution in [3.05, 3.63) is 0 Å². The third kappa shape index (κ3) is 8.12. The van der Waals surface area contributed by atoms with Crippen LogP contribution in [0.2, 0.25) is 0 Å². The van der Waals surface area contributed by atoms with Crippen LogP contribution in [0.15, 0.2) is 0 Å². The number of thioether (sulfide) groups is 1. The molecule has 0 rings (SSSR count). The maximum absolute atomic E-state index is 5.04. The smallest absolute Gasteiger partial charge is 0.0470 e. The Balaban J connectivity index is 3.56. The van der Waals surface area contributed by atoms with Crippen LogP contribution in [0.5, 0.6) is 0 Å². The molecule has 2 atom stereocenters. The Hall–Kier alpha value is 0.270. The zero-order chi connectivity index (χ0) is 11.5. The fourth-order valence-electron chi connectivity index (χ4n) is 1.49. The van der Waals surface area contributed by atoms with E-state index < -0.39 is 0 Å². The van der Waals surface area contributed by atoms with Crippen LogP contribution >= 0.6 is 11.8 Å². The minimum atomic E-state index is 0.674. The summed E-state index contributed by atoms with van der Waals surface area (Å²) in [4.78, 5) is 0. The van der Waals surface area contributed by atoms with Gasteiger partial charge in [-0.15, -0.1) is 0 Å². The highest BCUT2D eigenvalue weighted by Crippen LogP contribution is 2.14. The van der Waals surface area contributed by atoms with Crippen LogP contribution in [-0.4, -0.2) is 37.8 Å². The van der Waals surface area contributed by atoms with Crippen molar-refractivity contribution in [1.29, 1.82) is 0 Å². The molecule has 0 saturated carbocycles. The molecule has 0 bridgehead atoms. The number of hydrogen-bond acceptors (Lipinski definition) is 3. The summed E-state index contributed by atoms with van der Waals surface area (Å²) < 4.78 is 5.04. The molecule has 0 aliphatic rings. The van der Waals surface area contributed by atoms with Gasteiger partial charge in [0, 0.05) is 25.5 Å². The van der Waals surface area contributed by atoms with E-state index in [-0.39, 0.29) is 0 Å². The number of ether oxygens (including phenoxy) is 1. The Bertz CT molecular complexity index is 133. The first-order valence-corrected chi connectivity index (χ1v) is 7.21. The molecule has 92 valence electrons. The summed E-state index contributed by atoms with van der Waals surface area (Å²) in [5.41, 5.74) is 0. The first kappa shape index (κ1) is 15.3. The second-order valence-electron chi connectivity index (χ2n) is 3.97. The number of hydrogen-bond donors (Lipinski definition) is 1. The average molecular weight is 233 g/mol. The molecule has 0 aliphatic carbocycles. The molecule has 2 nitrogen and oxygen atoms in total. The molecule has 0 aromatic rings. The van der Waals surface area contributed by atoms with Crippen LogP contribution < -0.4 is 5.32 Å². The molecular formula is C12H27NOS. The maximum atomic E-state index is 5.04. The molecule has 0 fully saturated rings. The Morgan fingerprint density at radius 2 is 2.07 bits per heavy atom. The molecule has 0 radical (unpaired) electrons. The summed E-state index contributed by atoms with van der Waals surface area (Å²) in [6, 6.07) is 0.674. The predicted molar refractivity (Wildman–Crippen MR) is 70.7 cm³/mol. The predicted octanol–water partition coefficient (Wildman–Crippen LogP) is 2.78. The fraction of sp³-hybridized carbons (Fsp3) is 1.00. The monoisotopic (exact) mass is 233 g/mol. The van der Waals surface area contributed by atoms with Crippen molar-refractivity contribution >= 4 is 11.8 Å². The van der Waals surface area contributed by atoms with Crippen molar-refractivity contribution in [2.75, 3.05) is 31.8 Å². The molecule has 0 spiro atoms. The van der Waals surface area contributed by atoms with Crippen LogP contribution in [-0.2, 0) is 4.74 Å². The lowest BCUT2D eigenvalue weighted by atomic mass is 10.0. The van der Waals surface area contributed by atoms with Crippen LogP contribution in [0.3, 0.4) is 0 Å². The van der Waals surface area contributed by atoms with Gasteiger partial charge in [-0.2, -0.15) is 11.8 Å². The van der Waals surface area contributed by atoms with Gasteiger partial charge in [-0.3, -0.25) is 0 Å². The number of rotatable bonds is 10. The van der Waals surface area contributed by atoms with Gasteiger partial charge in [-0.1, -0.05) is 27.2 Å². The van der Waals surface area contributed by atoms with Gasteiger partial charge in [0.2, 0.25) is 0 Å². The molecule has 15 heavy (non-hydrogen) atoms. The Kier molecular flexibility index (Phi) is 11.0. The van der Waals surface area contributed by atoms with Gasteiger partial charge in [-0.25, -0.2) is 0 Å². The fourth-order valence-corrected chi connectivity index (χ4v) is 2.68. The minimum Gasteiger partial charge on any atom is -0.385 e. The van der Waals surface area contributed by atoms with Gasteiger partial charge in [0.1, 0.15) is 0 Å². The summed E-state index contributed by atoms with van der Waals surface area (Å²) in [6.45, 7) is 8.76. The molecule has 2 unspecified atom stereocenters. The summed E-state index contributed by atoms with van der Waals surface area (Å²) in [5.74, 6) is 3.22. The highest BCUT2D eigenvalue weighted by Gasteiger charge is 2.13. The first-order valence-electron chi connectivity index (χ1n) is 6.06. The first-order chi connectivity index (χ1) is 7.26. The Labute approximate surface area is 99.5 Å². The van der Waals surface area contributed by atoms with Gasteiger partial charge in [-0.05, 0) is 24.6 Å². The minimum absolute atomic E-state index is 0.674. The summed E-state index contributed by atoms with van der Waals surface area (Å²) in [7, 11) is 1.77. The van der Waals surface area contributed by atoms with Crippen molar-refractivity contribution in [2.45, 2.75) is 39.7 Å². The third-order valence-corrected chi connectivity index (χ3v) is 3.90. The summed E-state index contributed by atoms with van der Waals surface area (Å²) in [6.07, 6.45) is 2.43. The normalized spacial score (nSPS) is 15.2. The molecule has 0 heterocycles. The molecule has 0 amide bonds. The quantitative estimate of drug-likeness (QED) is 0.586. The molecule has 3 heteroatoms. The lowest BCUT2D eigenvalue weighted by Gasteiger charge is -2.23.